The minimum Gasteiger partial charge on any atom is -0.478 e. The van der Waals surface area contributed by atoms with Gasteiger partial charge in [-0.2, -0.15) is 0 Å². The maximum absolute atomic E-state index is 13.6. The second-order valence-corrected chi connectivity index (χ2v) is 9.40. The molecule has 0 radical (unpaired) electrons. The highest BCUT2D eigenvalue weighted by atomic mass is 35.5. The van der Waals surface area contributed by atoms with Crippen LogP contribution in [0.2, 0.25) is 5.02 Å². The van der Waals surface area contributed by atoms with Gasteiger partial charge in [0.05, 0.1) is 16.9 Å². The highest BCUT2D eigenvalue weighted by molar-refractivity contribution is 6.30. The van der Waals surface area contributed by atoms with E-state index in [1.54, 1.807) is 48.5 Å². The smallest absolute Gasteiger partial charge is 0.338 e. The molecule has 5 rings (SSSR count). The summed E-state index contributed by atoms with van der Waals surface area (Å²) in [6, 6.07) is 23.2. The Morgan fingerprint density at radius 3 is 2.23 bits per heavy atom. The van der Waals surface area contributed by atoms with Gasteiger partial charge in [0.2, 0.25) is 0 Å². The number of benzene rings is 3. The van der Waals surface area contributed by atoms with Gasteiger partial charge in [-0.05, 0) is 48.7 Å². The number of hydrogen-bond acceptors (Lipinski definition) is 4. The number of piperidine rings is 1. The van der Waals surface area contributed by atoms with Crippen molar-refractivity contribution in [2.45, 2.75) is 25.0 Å². The Hall–Kier alpha value is -3.45. The zero-order chi connectivity index (χ0) is 24.6. The van der Waals surface area contributed by atoms with E-state index in [1.165, 1.54) is 4.57 Å². The minimum atomic E-state index is -1.08. The third-order valence-electron chi connectivity index (χ3n) is 6.84. The fourth-order valence-electron chi connectivity index (χ4n) is 5.00. The summed E-state index contributed by atoms with van der Waals surface area (Å²) in [6.07, 6.45) is 0.942. The molecule has 4 aromatic rings. The number of fused-ring (bicyclic) bond motifs is 1. The van der Waals surface area contributed by atoms with Crippen molar-refractivity contribution in [3.05, 3.63) is 111 Å². The number of halogens is 1. The monoisotopic (exact) mass is 488 g/mol. The molecule has 1 aliphatic rings. The number of hydrogen-bond donors (Lipinski definition) is 2. The molecule has 1 aliphatic heterocycles. The van der Waals surface area contributed by atoms with Gasteiger partial charge in [0.1, 0.15) is 0 Å². The van der Waals surface area contributed by atoms with E-state index in [0.29, 0.717) is 53.1 Å². The molecule has 3 aromatic carbocycles. The van der Waals surface area contributed by atoms with Crippen LogP contribution >= 0.6 is 11.6 Å². The average molecular weight is 489 g/mol. The zero-order valence-electron chi connectivity index (χ0n) is 19.0. The van der Waals surface area contributed by atoms with Crippen LogP contribution < -0.4 is 5.56 Å². The van der Waals surface area contributed by atoms with E-state index in [1.807, 2.05) is 30.3 Å². The lowest BCUT2D eigenvalue weighted by molar-refractivity contribution is -0.0281. The normalized spacial score (nSPS) is 15.8. The predicted octanol–water partition coefficient (Wildman–Crippen LogP) is 4.83. The summed E-state index contributed by atoms with van der Waals surface area (Å²) in [5.74, 6) is -1.08. The highest BCUT2D eigenvalue weighted by Crippen LogP contribution is 2.35. The van der Waals surface area contributed by atoms with Crippen LogP contribution in [0.25, 0.3) is 16.5 Å². The summed E-state index contributed by atoms with van der Waals surface area (Å²) in [5.41, 5.74) is 0.704. The average Bonchev–Trinajstić information content (AvgIpc) is 2.86. The summed E-state index contributed by atoms with van der Waals surface area (Å²) in [5, 5.41) is 22.9. The van der Waals surface area contributed by atoms with Crippen LogP contribution in [0.1, 0.15) is 34.5 Å². The molecule has 0 saturated carbocycles. The summed E-state index contributed by atoms with van der Waals surface area (Å²) < 4.78 is 1.52. The molecule has 1 saturated heterocycles. The van der Waals surface area contributed by atoms with Gasteiger partial charge in [0, 0.05) is 41.1 Å². The van der Waals surface area contributed by atoms with E-state index in [2.05, 4.69) is 4.90 Å². The number of carboxylic acids is 1. The van der Waals surface area contributed by atoms with Crippen LogP contribution in [-0.4, -0.2) is 38.7 Å². The standard InChI is InChI=1S/C28H25ClN2O4/c29-20-8-6-7-19(17-20)28(35)13-15-30(16-14-28)18-24-25(27(33)34)22-11-4-5-12-23(22)26(32)31(24)21-9-2-1-3-10-21/h1-12,17,35H,13-16,18H2,(H,33,34). The summed E-state index contributed by atoms with van der Waals surface area (Å²) in [4.78, 5) is 28.2. The number of carboxylic acid groups (broad SMARTS) is 1. The predicted molar refractivity (Wildman–Crippen MR) is 136 cm³/mol. The van der Waals surface area contributed by atoms with Crippen LogP contribution in [0.3, 0.4) is 0 Å². The molecule has 0 spiro atoms. The Morgan fingerprint density at radius 1 is 0.914 bits per heavy atom. The van der Waals surface area contributed by atoms with Crippen LogP contribution in [0.15, 0.2) is 83.7 Å². The molecule has 0 amide bonds. The largest absolute Gasteiger partial charge is 0.478 e. The fraction of sp³-hybridized carbons (Fsp3) is 0.214. The molecule has 1 fully saturated rings. The van der Waals surface area contributed by atoms with E-state index in [9.17, 15) is 19.8 Å². The SMILES string of the molecule is O=C(O)c1c(CN2CCC(O)(c3cccc(Cl)c3)CC2)n(-c2ccccc2)c(=O)c2ccccc12. The van der Waals surface area contributed by atoms with E-state index in [4.69, 9.17) is 11.6 Å². The molecule has 0 atom stereocenters. The number of carbonyl (C=O) groups is 1. The lowest BCUT2D eigenvalue weighted by atomic mass is 9.84. The number of aromatic nitrogens is 1. The Bertz CT molecular complexity index is 1460. The highest BCUT2D eigenvalue weighted by Gasteiger charge is 2.35. The summed E-state index contributed by atoms with van der Waals surface area (Å²) >= 11 is 6.14. The van der Waals surface area contributed by atoms with Crippen molar-refractivity contribution < 1.29 is 15.0 Å². The van der Waals surface area contributed by atoms with Crippen molar-refractivity contribution in [2.24, 2.45) is 0 Å². The number of nitrogens with zero attached hydrogens (tertiary/aromatic N) is 2. The molecule has 35 heavy (non-hydrogen) atoms. The van der Waals surface area contributed by atoms with E-state index in [-0.39, 0.29) is 17.7 Å². The van der Waals surface area contributed by atoms with Crippen molar-refractivity contribution >= 4 is 28.3 Å². The van der Waals surface area contributed by atoms with Crippen LogP contribution in [0.5, 0.6) is 0 Å². The van der Waals surface area contributed by atoms with Gasteiger partial charge in [-0.3, -0.25) is 14.3 Å². The van der Waals surface area contributed by atoms with Crippen LogP contribution in [0, 0.1) is 0 Å². The first-order valence-electron chi connectivity index (χ1n) is 11.5. The summed E-state index contributed by atoms with van der Waals surface area (Å²) in [7, 11) is 0. The van der Waals surface area contributed by atoms with Crippen molar-refractivity contribution in [1.29, 1.82) is 0 Å². The van der Waals surface area contributed by atoms with Gasteiger partial charge in [0.25, 0.3) is 5.56 Å². The van der Waals surface area contributed by atoms with Gasteiger partial charge in [-0.1, -0.05) is 60.1 Å². The van der Waals surface area contributed by atoms with Gasteiger partial charge in [0.15, 0.2) is 0 Å². The molecule has 6 nitrogen and oxygen atoms in total. The first-order valence-corrected chi connectivity index (χ1v) is 11.9. The zero-order valence-corrected chi connectivity index (χ0v) is 19.8. The van der Waals surface area contributed by atoms with Crippen LogP contribution in [-0.2, 0) is 12.1 Å². The Kier molecular flexibility index (Phi) is 6.19. The number of likely N-dealkylation sites (tertiary alicyclic amines) is 1. The van der Waals surface area contributed by atoms with Crippen LogP contribution in [0.4, 0.5) is 0 Å². The number of aliphatic hydroxyl groups is 1. The Balaban J connectivity index is 1.56. The van der Waals surface area contributed by atoms with Gasteiger partial charge in [-0.15, -0.1) is 0 Å². The summed E-state index contributed by atoms with van der Waals surface area (Å²) in [6.45, 7) is 1.35. The molecule has 2 heterocycles. The van der Waals surface area contributed by atoms with E-state index >= 15 is 0 Å². The van der Waals surface area contributed by atoms with E-state index in [0.717, 1.165) is 5.56 Å². The topological polar surface area (TPSA) is 82.8 Å². The van der Waals surface area contributed by atoms with Crippen molar-refractivity contribution in [2.75, 3.05) is 13.1 Å². The molecule has 178 valence electrons. The third-order valence-corrected chi connectivity index (χ3v) is 7.07. The number of pyridine rings is 1. The second-order valence-electron chi connectivity index (χ2n) is 8.97. The molecule has 1 aromatic heterocycles. The van der Waals surface area contributed by atoms with Gasteiger partial charge in [-0.25, -0.2) is 4.79 Å². The Labute approximate surface area is 207 Å². The van der Waals surface area contributed by atoms with Gasteiger partial charge < -0.3 is 10.2 Å². The first kappa shape index (κ1) is 23.3. The first-order chi connectivity index (χ1) is 16.9. The lowest BCUT2D eigenvalue weighted by Gasteiger charge is -2.39. The molecule has 0 bridgehead atoms. The van der Waals surface area contributed by atoms with E-state index < -0.39 is 11.6 Å². The number of rotatable bonds is 5. The molecule has 0 aliphatic carbocycles. The molecule has 2 N–H and O–H groups in total. The quantitative estimate of drug-likeness (QED) is 0.420. The van der Waals surface area contributed by atoms with Crippen molar-refractivity contribution in [3.63, 3.8) is 0 Å². The fourth-order valence-corrected chi connectivity index (χ4v) is 5.19. The van der Waals surface area contributed by atoms with Crippen molar-refractivity contribution in [3.8, 4) is 5.69 Å². The molecule has 7 heteroatoms. The third kappa shape index (κ3) is 4.36. The van der Waals surface area contributed by atoms with Gasteiger partial charge >= 0.3 is 5.97 Å². The van der Waals surface area contributed by atoms with Crippen molar-refractivity contribution in [1.82, 2.24) is 9.47 Å². The minimum absolute atomic E-state index is 0.125. The maximum Gasteiger partial charge on any atom is 0.338 e. The molecule has 0 unspecified atom stereocenters. The molecular formula is C28H25ClN2O4. The Morgan fingerprint density at radius 2 is 1.57 bits per heavy atom. The lowest BCUT2D eigenvalue weighted by Crippen LogP contribution is -2.43. The number of aromatic carboxylic acids is 1. The number of para-hydroxylation sites is 1. The maximum atomic E-state index is 13.6. The molecular weight excluding hydrogens is 464 g/mol. The second kappa shape index (κ2) is 9.30.